The number of ketones is 1. The van der Waals surface area contributed by atoms with Gasteiger partial charge < -0.3 is 41.4 Å². The van der Waals surface area contributed by atoms with E-state index >= 15 is 4.79 Å². The molecule has 0 aliphatic carbocycles. The third-order valence-corrected chi connectivity index (χ3v) is 47.0. The zero-order valence-corrected chi connectivity index (χ0v) is 72.1. The first-order chi connectivity index (χ1) is 40.4. The molecule has 2 saturated heterocycles. The fraction of sp³-hybridized carbons (Fsp3) is 0.918. The van der Waals surface area contributed by atoms with E-state index in [1.54, 1.807) is 6.08 Å². The molecule has 90 heavy (non-hydrogen) atoms. The Kier molecular flexibility index (Phi) is 31.9. The van der Waals surface area contributed by atoms with Crippen LogP contribution in [-0.2, 0) is 45.9 Å². The van der Waals surface area contributed by atoms with E-state index in [9.17, 15) is 9.90 Å². The Morgan fingerprint density at radius 1 is 0.611 bits per heavy atom. The summed E-state index contributed by atoms with van der Waals surface area (Å²) in [6.07, 6.45) is 9.36. The molecule has 1 spiro atoms. The molecule has 0 aromatic carbocycles. The highest BCUT2D eigenvalue weighted by Crippen LogP contribution is 2.49. The average molecular weight is 1470 g/mol. The van der Waals surface area contributed by atoms with Crippen LogP contribution in [0.4, 0.5) is 0 Å². The number of esters is 1. The topological polar surface area (TPSA) is 128 Å². The molecule has 2 aliphatic rings. The molecule has 11 nitrogen and oxygen atoms in total. The minimum Gasteiger partial charge on any atom is -0.459 e. The molecule has 2 aliphatic heterocycles. The Balaban J connectivity index is 2.70. The molecule has 0 aromatic heterocycles. The van der Waals surface area contributed by atoms with Crippen LogP contribution in [0.25, 0.3) is 0 Å². The standard InChI is InChI=1S/C73H145IO11Si5/c1-36-58(42-45-74)38-39-59-53(6)61(48-73(80-59)44-41-49(2)60(81-73)47-52(5)82-87(28,29)69(14,15)16)79-62(75)40-37-50(3)65(83-88(30,31)70(17,18)19)54(7)63(76)56(9)67(85-90(34,35)72(23,24)25)57(10)64(77)55(8)66(84-89(32,33)71(20,21)22)51(4)43-46-78-86(26,27)68(11,12)13/h37,40,42,45,49-61,64-67,77H,36,38-39,41,43-44,46-48H2,1-35H3/b40-37+,45-42+/t49-,50-,51+,52?,53+,54+,55+,56-,57+,58+,59-,60-,61-,64+,65+,66-,67+,73+/m0/s1. The molecule has 2 fully saturated rings. The maximum atomic E-state index is 15.8. The Hall–Kier alpha value is 0.114. The minimum atomic E-state index is -2.55. The number of ether oxygens (including phenoxy) is 3. The molecule has 0 bridgehead atoms. The van der Waals surface area contributed by atoms with Crippen molar-refractivity contribution in [3.05, 3.63) is 22.3 Å². The van der Waals surface area contributed by atoms with Crippen molar-refractivity contribution in [1.82, 2.24) is 0 Å². The normalized spacial score (nSPS) is 25.9. The highest BCUT2D eigenvalue weighted by Gasteiger charge is 2.54. The van der Waals surface area contributed by atoms with Gasteiger partial charge in [0.05, 0.1) is 36.6 Å². The third kappa shape index (κ3) is 23.7. The van der Waals surface area contributed by atoms with Gasteiger partial charge in [0.2, 0.25) is 0 Å². The summed E-state index contributed by atoms with van der Waals surface area (Å²) in [5.41, 5.74) is 0. The predicted molar refractivity (Wildman–Crippen MR) is 402 cm³/mol. The maximum Gasteiger partial charge on any atom is 0.330 e. The molecule has 1 unspecified atom stereocenters. The second-order valence-corrected chi connectivity index (χ2v) is 61.1. The van der Waals surface area contributed by atoms with Crippen LogP contribution >= 0.6 is 22.6 Å². The zero-order valence-electron chi connectivity index (χ0n) is 64.9. The lowest BCUT2D eigenvalue weighted by Crippen LogP contribution is -2.57. The van der Waals surface area contributed by atoms with E-state index in [0.717, 1.165) is 44.9 Å². The molecule has 17 heteroatoms. The third-order valence-electron chi connectivity index (χ3n) is 24.0. The molecule has 0 amide bonds. The fourth-order valence-electron chi connectivity index (χ4n) is 11.8. The Labute approximate surface area is 574 Å². The molecule has 2 rings (SSSR count). The molecular formula is C73H145IO11Si5. The van der Waals surface area contributed by atoms with Gasteiger partial charge in [0.25, 0.3) is 0 Å². The minimum absolute atomic E-state index is 0.0230. The Bertz CT molecular complexity index is 2270. The second kappa shape index (κ2) is 33.3. The largest absolute Gasteiger partial charge is 0.459 e. The Morgan fingerprint density at radius 2 is 1.04 bits per heavy atom. The quantitative estimate of drug-likeness (QED) is 0.0299. The smallest absolute Gasteiger partial charge is 0.330 e. The lowest BCUT2D eigenvalue weighted by Gasteiger charge is -2.52. The maximum absolute atomic E-state index is 15.8. The molecule has 530 valence electrons. The molecule has 0 aromatic rings. The van der Waals surface area contributed by atoms with Gasteiger partial charge in [-0.05, 0) is 158 Å². The van der Waals surface area contributed by atoms with Gasteiger partial charge in [-0.15, -0.1) is 0 Å². The first kappa shape index (κ1) is 86.2. The monoisotopic (exact) mass is 1460 g/mol. The molecule has 0 saturated carbocycles. The zero-order chi connectivity index (χ0) is 70.3. The van der Waals surface area contributed by atoms with E-state index in [1.165, 1.54) is 0 Å². The van der Waals surface area contributed by atoms with E-state index in [4.69, 9.17) is 36.3 Å². The summed E-state index contributed by atoms with van der Waals surface area (Å²) in [4.78, 5) is 30.4. The van der Waals surface area contributed by atoms with Crippen LogP contribution in [0.3, 0.4) is 0 Å². The van der Waals surface area contributed by atoms with Gasteiger partial charge in [-0.1, -0.05) is 201 Å². The van der Waals surface area contributed by atoms with Gasteiger partial charge in [0, 0.05) is 67.1 Å². The first-order valence-corrected chi connectivity index (χ1v) is 51.2. The van der Waals surface area contributed by atoms with E-state index in [1.807, 2.05) is 19.9 Å². The lowest BCUT2D eigenvalue weighted by molar-refractivity contribution is -0.347. The highest BCUT2D eigenvalue weighted by molar-refractivity contribution is 14.1. The van der Waals surface area contributed by atoms with Crippen molar-refractivity contribution in [2.24, 2.45) is 53.3 Å². The number of halogens is 1. The van der Waals surface area contributed by atoms with Crippen molar-refractivity contribution in [2.45, 2.75) is 370 Å². The number of Topliss-reactive ketones (excluding diaryl/α,β-unsaturated/α-hetero) is 1. The summed E-state index contributed by atoms with van der Waals surface area (Å²) < 4.78 is 59.2. The number of hydrogen-bond donors (Lipinski definition) is 1. The van der Waals surface area contributed by atoms with Gasteiger partial charge in [0.15, 0.2) is 47.4 Å². The number of rotatable bonds is 32. The first-order valence-electron chi connectivity index (χ1n) is 35.4. The van der Waals surface area contributed by atoms with Crippen LogP contribution in [0.5, 0.6) is 0 Å². The van der Waals surface area contributed by atoms with E-state index in [2.05, 4.69) is 257 Å². The van der Waals surface area contributed by atoms with E-state index < -0.39 is 95.5 Å². The number of hydrogen-bond acceptors (Lipinski definition) is 11. The number of aliphatic hydroxyl groups is 1. The average Bonchev–Trinajstić information content (AvgIpc) is 0.886. The summed E-state index contributed by atoms with van der Waals surface area (Å²) in [7, 11) is -11.4. The van der Waals surface area contributed by atoms with Crippen LogP contribution < -0.4 is 0 Å². The molecule has 2 heterocycles. The van der Waals surface area contributed by atoms with E-state index in [0.29, 0.717) is 24.9 Å². The van der Waals surface area contributed by atoms with Crippen LogP contribution in [0, 0.1) is 53.3 Å². The van der Waals surface area contributed by atoms with Crippen LogP contribution in [0.2, 0.25) is 90.7 Å². The van der Waals surface area contributed by atoms with Crippen LogP contribution in [0.15, 0.2) is 22.3 Å². The van der Waals surface area contributed by atoms with Crippen LogP contribution in [0.1, 0.15) is 224 Å². The van der Waals surface area contributed by atoms with Crippen molar-refractivity contribution >= 4 is 75.9 Å². The van der Waals surface area contributed by atoms with Gasteiger partial charge in [0.1, 0.15) is 11.9 Å². The summed E-state index contributed by atoms with van der Waals surface area (Å²) in [5, 5.41) is 12.8. The number of allylic oxidation sites excluding steroid dienone is 1. The summed E-state index contributed by atoms with van der Waals surface area (Å²) in [6.45, 7) is 78.8. The predicted octanol–water partition coefficient (Wildman–Crippen LogP) is 21.3. The van der Waals surface area contributed by atoms with Crippen molar-refractivity contribution in [2.75, 3.05) is 6.61 Å². The summed E-state index contributed by atoms with van der Waals surface area (Å²) >= 11 is 2.32. The Morgan fingerprint density at radius 3 is 1.51 bits per heavy atom. The number of aliphatic hydroxyl groups excluding tert-OH is 1. The highest BCUT2D eigenvalue weighted by atomic mass is 127. The van der Waals surface area contributed by atoms with Gasteiger partial charge in [-0.25, -0.2) is 4.79 Å². The second-order valence-electron chi connectivity index (χ2n) is 36.6. The SMILES string of the molecule is CC[C@@H](/C=C/I)CC[C@@H]1O[C@@]2(CC[C@H](C)[C@H](CC(C)O[Si](C)(C)C(C)(C)C)O2)C[C@H](OC(=O)/C=C/[C@H](C)[C@@H](O[Si](C)(C)C(C)(C)C)[C@H](C)C(=O)[C@H](C)[C@@H](O[Si](C)(C)C(C)(C)C)[C@H](C)[C@H](O)[C@@H](C)[C@@H](O[Si](C)(C)C(C)(C)C)[C@H](C)CCO[Si](C)(C)C(C)(C)C)[C@@H]1C. The summed E-state index contributed by atoms with van der Waals surface area (Å²) in [5.74, 6) is -2.78. The van der Waals surface area contributed by atoms with Crippen molar-refractivity contribution in [1.29, 1.82) is 0 Å². The van der Waals surface area contributed by atoms with Gasteiger partial charge >= 0.3 is 5.97 Å². The van der Waals surface area contributed by atoms with Crippen molar-refractivity contribution < 1.29 is 51.0 Å². The molecular weight excluding hydrogens is 1320 g/mol. The lowest BCUT2D eigenvalue weighted by atomic mass is 9.76. The van der Waals surface area contributed by atoms with Gasteiger partial charge in [-0.3, -0.25) is 4.79 Å². The van der Waals surface area contributed by atoms with Crippen LogP contribution in [-0.4, -0.2) is 120 Å². The number of carbonyl (C=O) groups excluding carboxylic acids is 2. The van der Waals surface area contributed by atoms with Crippen molar-refractivity contribution in [3.63, 3.8) is 0 Å². The number of carbonyl (C=O) groups is 2. The van der Waals surface area contributed by atoms with Gasteiger partial charge in [-0.2, -0.15) is 0 Å². The fourth-order valence-corrected chi connectivity index (χ4v) is 19.3. The van der Waals surface area contributed by atoms with E-state index in [-0.39, 0.29) is 79.1 Å². The van der Waals surface area contributed by atoms with Crippen molar-refractivity contribution in [3.8, 4) is 0 Å². The molecule has 18 atom stereocenters. The molecule has 0 radical (unpaired) electrons. The molecule has 1 N–H and O–H groups in total. The summed E-state index contributed by atoms with van der Waals surface area (Å²) in [6, 6.07) is 0.